The zero-order chi connectivity index (χ0) is 16.4. The molecule has 3 rings (SSSR count). The Bertz CT molecular complexity index is 740. The van der Waals surface area contributed by atoms with Crippen molar-refractivity contribution < 1.29 is 19.0 Å². The molecule has 2 atom stereocenters. The number of hydrogen-bond acceptors (Lipinski definition) is 3. The summed E-state index contributed by atoms with van der Waals surface area (Å²) >= 11 is 0. The van der Waals surface area contributed by atoms with Crippen molar-refractivity contribution in [3.8, 4) is 0 Å². The van der Waals surface area contributed by atoms with E-state index in [1.807, 2.05) is 30.3 Å². The second-order valence-corrected chi connectivity index (χ2v) is 6.66. The molecule has 2 aromatic rings. The van der Waals surface area contributed by atoms with Crippen LogP contribution in [0.2, 0.25) is 0 Å². The van der Waals surface area contributed by atoms with E-state index in [9.17, 15) is 19.0 Å². The first-order valence-corrected chi connectivity index (χ1v) is 8.87. The van der Waals surface area contributed by atoms with E-state index in [1.54, 1.807) is 24.3 Å². The number of rotatable bonds is 5. The average Bonchev–Trinajstić information content (AvgIpc) is 2.79. The maximum absolute atomic E-state index is 12.6. The quantitative estimate of drug-likeness (QED) is 0.675. The van der Waals surface area contributed by atoms with Crippen LogP contribution in [0.25, 0.3) is 0 Å². The van der Waals surface area contributed by atoms with E-state index in [1.165, 1.54) is 0 Å². The summed E-state index contributed by atoms with van der Waals surface area (Å²) in [5.41, 5.74) is 1.62. The Labute approximate surface area is 134 Å². The van der Waals surface area contributed by atoms with Crippen molar-refractivity contribution in [1.82, 2.24) is 4.90 Å². The van der Waals surface area contributed by atoms with Crippen molar-refractivity contribution in [1.29, 1.82) is 0 Å². The fraction of sp³-hybridized carbons (Fsp3) is 0.176. The van der Waals surface area contributed by atoms with Crippen LogP contribution in [0.15, 0.2) is 54.6 Å². The highest BCUT2D eigenvalue weighted by Gasteiger charge is 2.40. The van der Waals surface area contributed by atoms with E-state index in [-0.39, 0.29) is 6.16 Å². The molecule has 5 nitrogen and oxygen atoms in total. The number of carbonyl (C=O) groups excluding carboxylic acids is 2. The Kier molecular flexibility index (Phi) is 4.42. The lowest BCUT2D eigenvalue weighted by molar-refractivity contribution is 0.0598. The summed E-state index contributed by atoms with van der Waals surface area (Å²) in [7, 11) is -2.82. The molecule has 0 spiro atoms. The molecule has 6 heteroatoms. The lowest BCUT2D eigenvalue weighted by atomic mass is 10.1. The van der Waals surface area contributed by atoms with Crippen LogP contribution in [-0.4, -0.2) is 33.8 Å². The molecule has 118 valence electrons. The summed E-state index contributed by atoms with van der Waals surface area (Å²) in [6.45, 7) is 0. The fourth-order valence-electron chi connectivity index (χ4n) is 2.88. The van der Waals surface area contributed by atoms with Gasteiger partial charge in [-0.1, -0.05) is 42.5 Å². The van der Waals surface area contributed by atoms with E-state index >= 15 is 0 Å². The van der Waals surface area contributed by atoms with Crippen LogP contribution in [0.5, 0.6) is 0 Å². The Morgan fingerprint density at radius 1 is 0.913 bits per heavy atom. The third kappa shape index (κ3) is 3.11. The molecule has 0 radical (unpaired) electrons. The van der Waals surface area contributed by atoms with Crippen LogP contribution in [-0.2, 0) is 11.0 Å². The molecule has 0 fully saturated rings. The minimum Gasteiger partial charge on any atom is -0.346 e. The summed E-state index contributed by atoms with van der Waals surface area (Å²) in [5.74, 6) is -0.787. The highest BCUT2D eigenvalue weighted by atomic mass is 31.1. The van der Waals surface area contributed by atoms with Crippen molar-refractivity contribution in [3.63, 3.8) is 0 Å². The van der Waals surface area contributed by atoms with E-state index in [2.05, 4.69) is 0 Å². The Hall–Kier alpha value is -2.23. The third-order valence-corrected chi connectivity index (χ3v) is 4.74. The van der Waals surface area contributed by atoms with E-state index in [0.29, 0.717) is 17.5 Å². The SMILES string of the molecule is O=C1c2ccccc2C(=O)N1C(Cc1ccccc1)C[PH](=O)O. The zero-order valence-electron chi connectivity index (χ0n) is 12.3. The van der Waals surface area contributed by atoms with Crippen molar-refractivity contribution in [2.45, 2.75) is 12.5 Å². The third-order valence-electron chi connectivity index (χ3n) is 3.92. The fourth-order valence-corrected chi connectivity index (χ4v) is 3.61. The number of benzene rings is 2. The standard InChI is InChI=1S/C17H16NO4P/c19-16-14-8-4-5-9-15(14)17(20)18(16)13(11-23(21)22)10-12-6-2-1-3-7-12/h1-9,13,23H,10-11H2,(H,21,22). The number of nitrogens with zero attached hydrogens (tertiary/aromatic N) is 1. The van der Waals surface area contributed by atoms with Crippen LogP contribution < -0.4 is 0 Å². The molecule has 1 aliphatic heterocycles. The maximum atomic E-state index is 12.6. The van der Waals surface area contributed by atoms with E-state index < -0.39 is 25.9 Å². The molecule has 0 aromatic heterocycles. The first-order valence-electron chi connectivity index (χ1n) is 7.30. The second-order valence-electron chi connectivity index (χ2n) is 5.47. The summed E-state index contributed by atoms with van der Waals surface area (Å²) in [5, 5.41) is 0. The number of hydrogen-bond donors (Lipinski definition) is 1. The summed E-state index contributed by atoms with van der Waals surface area (Å²) in [6.07, 6.45) is 0.272. The van der Waals surface area contributed by atoms with Crippen molar-refractivity contribution in [2.24, 2.45) is 0 Å². The first-order chi connectivity index (χ1) is 11.1. The highest BCUT2D eigenvalue weighted by Crippen LogP contribution is 2.29. The molecule has 1 aliphatic rings. The van der Waals surface area contributed by atoms with Gasteiger partial charge in [0.15, 0.2) is 8.03 Å². The van der Waals surface area contributed by atoms with Crippen molar-refractivity contribution >= 4 is 19.8 Å². The molecule has 2 amide bonds. The lowest BCUT2D eigenvalue weighted by Gasteiger charge is -2.25. The molecule has 0 saturated carbocycles. The van der Waals surface area contributed by atoms with Gasteiger partial charge in [0, 0.05) is 6.16 Å². The Morgan fingerprint density at radius 3 is 1.96 bits per heavy atom. The Balaban J connectivity index is 1.93. The van der Waals surface area contributed by atoms with Gasteiger partial charge in [-0.25, -0.2) is 0 Å². The van der Waals surface area contributed by atoms with Gasteiger partial charge in [0.2, 0.25) is 0 Å². The predicted octanol–water partition coefficient (Wildman–Crippen LogP) is 2.36. The van der Waals surface area contributed by atoms with Crippen LogP contribution in [0.4, 0.5) is 0 Å². The van der Waals surface area contributed by atoms with E-state index in [0.717, 1.165) is 10.5 Å². The molecule has 2 unspecified atom stereocenters. The second kappa shape index (κ2) is 6.49. The number of fused-ring (bicyclic) bond motifs is 1. The maximum Gasteiger partial charge on any atom is 0.261 e. The lowest BCUT2D eigenvalue weighted by Crippen LogP contribution is -2.42. The summed E-state index contributed by atoms with van der Waals surface area (Å²) in [4.78, 5) is 35.6. The van der Waals surface area contributed by atoms with Gasteiger partial charge in [-0.2, -0.15) is 0 Å². The highest BCUT2D eigenvalue weighted by molar-refractivity contribution is 7.38. The molecule has 2 aromatic carbocycles. The van der Waals surface area contributed by atoms with Crippen LogP contribution in [0, 0.1) is 0 Å². The number of amides is 2. The molecular formula is C17H16NO4P. The Morgan fingerprint density at radius 2 is 1.43 bits per heavy atom. The van der Waals surface area contributed by atoms with Gasteiger partial charge in [0.05, 0.1) is 17.2 Å². The predicted molar refractivity (Wildman–Crippen MR) is 87.0 cm³/mol. The van der Waals surface area contributed by atoms with Gasteiger partial charge in [0.1, 0.15) is 0 Å². The van der Waals surface area contributed by atoms with Gasteiger partial charge >= 0.3 is 0 Å². The average molecular weight is 329 g/mol. The molecule has 1 N–H and O–H groups in total. The summed E-state index contributed by atoms with van der Waals surface area (Å²) in [6, 6.07) is 15.3. The minimum atomic E-state index is -2.82. The monoisotopic (exact) mass is 329 g/mol. The molecule has 23 heavy (non-hydrogen) atoms. The van der Waals surface area contributed by atoms with Crippen LogP contribution in [0.1, 0.15) is 26.3 Å². The van der Waals surface area contributed by atoms with Gasteiger partial charge < -0.3 is 4.89 Å². The molecule has 0 aliphatic carbocycles. The van der Waals surface area contributed by atoms with Crippen LogP contribution in [0.3, 0.4) is 0 Å². The molecular weight excluding hydrogens is 313 g/mol. The van der Waals surface area contributed by atoms with Crippen molar-refractivity contribution in [2.75, 3.05) is 6.16 Å². The van der Waals surface area contributed by atoms with Gasteiger partial charge in [-0.15, -0.1) is 0 Å². The van der Waals surface area contributed by atoms with E-state index in [4.69, 9.17) is 0 Å². The minimum absolute atomic E-state index is 0.0922. The van der Waals surface area contributed by atoms with Gasteiger partial charge in [-0.05, 0) is 24.1 Å². The normalized spacial score (nSPS) is 16.3. The van der Waals surface area contributed by atoms with Crippen molar-refractivity contribution in [3.05, 3.63) is 71.3 Å². The molecule has 1 heterocycles. The summed E-state index contributed by atoms with van der Waals surface area (Å²) < 4.78 is 11.4. The molecule has 0 saturated heterocycles. The van der Waals surface area contributed by atoms with Gasteiger partial charge in [-0.3, -0.25) is 19.1 Å². The smallest absolute Gasteiger partial charge is 0.261 e. The topological polar surface area (TPSA) is 74.7 Å². The zero-order valence-corrected chi connectivity index (χ0v) is 13.3. The van der Waals surface area contributed by atoms with Gasteiger partial charge in [0.25, 0.3) is 11.8 Å². The first kappa shape index (κ1) is 15.7. The largest absolute Gasteiger partial charge is 0.346 e. The van der Waals surface area contributed by atoms with Crippen LogP contribution >= 0.6 is 8.03 Å². The number of imide groups is 1. The number of carbonyl (C=O) groups is 2. The molecule has 0 bridgehead atoms.